The molecule has 0 aliphatic carbocycles. The van der Waals surface area contributed by atoms with E-state index in [2.05, 4.69) is 50.2 Å². The van der Waals surface area contributed by atoms with Crippen molar-refractivity contribution >= 4 is 5.91 Å². The lowest BCUT2D eigenvalue weighted by Crippen LogP contribution is -2.51. The third-order valence-electron chi connectivity index (χ3n) is 7.60. The average Bonchev–Trinajstić information content (AvgIpc) is 3.35. The maximum absolute atomic E-state index is 13.5. The number of hydrogen-bond donors (Lipinski definition) is 1. The lowest BCUT2D eigenvalue weighted by Gasteiger charge is -2.41. The van der Waals surface area contributed by atoms with E-state index in [-0.39, 0.29) is 17.4 Å². The Kier molecular flexibility index (Phi) is 7.19. The van der Waals surface area contributed by atoms with Gasteiger partial charge in [0.15, 0.2) is 0 Å². The summed E-state index contributed by atoms with van der Waals surface area (Å²) in [5.74, 6) is 2.10. The van der Waals surface area contributed by atoms with E-state index in [0.717, 1.165) is 69.7 Å². The summed E-state index contributed by atoms with van der Waals surface area (Å²) in [7, 11) is 0. The lowest BCUT2D eigenvalue weighted by atomic mass is 9.73. The van der Waals surface area contributed by atoms with Gasteiger partial charge in [0.05, 0.1) is 11.5 Å². The van der Waals surface area contributed by atoms with E-state index in [1.54, 1.807) is 0 Å². The van der Waals surface area contributed by atoms with Gasteiger partial charge in [-0.15, -0.1) is 0 Å². The second kappa shape index (κ2) is 10.6. The number of aryl methyl sites for hydroxylation is 1. The van der Waals surface area contributed by atoms with Gasteiger partial charge in [-0.25, -0.2) is 4.98 Å². The molecule has 0 unspecified atom stereocenters. The zero-order valence-corrected chi connectivity index (χ0v) is 20.7. The number of rotatable bonds is 3. The van der Waals surface area contributed by atoms with Gasteiger partial charge in [-0.3, -0.25) is 9.69 Å². The minimum absolute atomic E-state index is 0.0217. The normalized spacial score (nSPS) is 21.3. The molecule has 2 aromatic heterocycles. The zero-order chi connectivity index (χ0) is 24.1. The highest BCUT2D eigenvalue weighted by Crippen LogP contribution is 2.38. The molecule has 1 atom stereocenters. The van der Waals surface area contributed by atoms with E-state index in [4.69, 9.17) is 4.74 Å². The van der Waals surface area contributed by atoms with Crippen molar-refractivity contribution in [2.75, 3.05) is 19.7 Å². The molecule has 6 nitrogen and oxygen atoms in total. The Morgan fingerprint density at radius 1 is 1.03 bits per heavy atom. The van der Waals surface area contributed by atoms with Gasteiger partial charge in [0.1, 0.15) is 18.2 Å². The molecule has 1 amide bonds. The van der Waals surface area contributed by atoms with E-state index in [0.29, 0.717) is 6.61 Å². The molecule has 5 rings (SSSR count). The molecule has 0 bridgehead atoms. The van der Waals surface area contributed by atoms with Crippen molar-refractivity contribution in [2.45, 2.75) is 58.0 Å². The van der Waals surface area contributed by atoms with Gasteiger partial charge in [0, 0.05) is 24.6 Å². The number of pyridine rings is 1. The van der Waals surface area contributed by atoms with E-state index >= 15 is 0 Å². The number of nitrogens with one attached hydrogen (secondary N) is 1. The number of para-hydroxylation sites is 1. The number of likely N-dealkylation sites (tertiary alicyclic amines) is 1. The maximum Gasteiger partial charge on any atom is 0.226 e. The number of ether oxygens (including phenoxy) is 1. The van der Waals surface area contributed by atoms with Crippen molar-refractivity contribution < 1.29 is 9.53 Å². The van der Waals surface area contributed by atoms with Crippen LogP contribution in [0.5, 0.6) is 5.75 Å². The van der Waals surface area contributed by atoms with Crippen LogP contribution in [0.1, 0.15) is 50.3 Å². The van der Waals surface area contributed by atoms with Crippen LogP contribution in [0.4, 0.5) is 0 Å². The predicted octanol–water partition coefficient (Wildman–Crippen LogP) is 4.76. The molecule has 0 saturated carbocycles. The van der Waals surface area contributed by atoms with Crippen LogP contribution in [0.2, 0.25) is 0 Å². The van der Waals surface area contributed by atoms with Crippen molar-refractivity contribution in [1.82, 2.24) is 19.8 Å². The number of fused-ring (bicyclic) bond motifs is 1. The molecule has 6 heteroatoms. The van der Waals surface area contributed by atoms with E-state index in [9.17, 15) is 4.79 Å². The van der Waals surface area contributed by atoms with Crippen molar-refractivity contribution in [3.05, 3.63) is 78.2 Å². The number of carbonyl (C=O) groups is 1. The number of hydrogen-bond acceptors (Lipinski definition) is 4. The molecule has 0 radical (unpaired) electrons. The molecule has 1 aromatic carbocycles. The summed E-state index contributed by atoms with van der Waals surface area (Å²) in [5.41, 5.74) is 2.21. The molecule has 4 heterocycles. The average molecular weight is 473 g/mol. The third kappa shape index (κ3) is 5.43. The second-order valence-electron chi connectivity index (χ2n) is 10.1. The van der Waals surface area contributed by atoms with Crippen LogP contribution in [0.25, 0.3) is 5.82 Å². The fourth-order valence-corrected chi connectivity index (χ4v) is 5.49. The fourth-order valence-electron chi connectivity index (χ4n) is 5.49. The van der Waals surface area contributed by atoms with E-state index in [1.165, 1.54) is 11.3 Å². The number of carbonyl (C=O) groups excluding carboxylic acids is 1. The number of benzene rings is 1. The quantitative estimate of drug-likeness (QED) is 0.597. The van der Waals surface area contributed by atoms with Crippen LogP contribution < -0.4 is 10.1 Å². The molecule has 3 aromatic rings. The smallest absolute Gasteiger partial charge is 0.226 e. The van der Waals surface area contributed by atoms with Crippen LogP contribution in [-0.4, -0.2) is 46.1 Å². The van der Waals surface area contributed by atoms with Crippen molar-refractivity contribution in [1.29, 1.82) is 0 Å². The fraction of sp³-hybridized carbons (Fsp3) is 0.448. The van der Waals surface area contributed by atoms with Gasteiger partial charge in [-0.2, -0.15) is 0 Å². The minimum atomic E-state index is -0.285. The van der Waals surface area contributed by atoms with Crippen molar-refractivity contribution in [2.24, 2.45) is 5.41 Å². The van der Waals surface area contributed by atoms with Gasteiger partial charge < -0.3 is 14.6 Å². The molecule has 1 N–H and O–H groups in total. The molecular formula is C29H36N4O2. The number of piperidine rings is 1. The van der Waals surface area contributed by atoms with Crippen LogP contribution in [0, 0.1) is 5.41 Å². The van der Waals surface area contributed by atoms with Crippen LogP contribution in [-0.2, 0) is 17.8 Å². The SMILES string of the molecule is C[C@@H]1COc2ccccc2CCCCC2(CCN(Cc3cccn3-c3ccccn3)CC2)C(=O)N1. The Balaban J connectivity index is 1.25. The van der Waals surface area contributed by atoms with Gasteiger partial charge >= 0.3 is 0 Å². The van der Waals surface area contributed by atoms with Crippen molar-refractivity contribution in [3.63, 3.8) is 0 Å². The molecule has 184 valence electrons. The third-order valence-corrected chi connectivity index (χ3v) is 7.60. The Morgan fingerprint density at radius 3 is 2.69 bits per heavy atom. The standard InChI is InChI=1S/C29H36N4O2/c1-23-22-35-26-12-3-2-9-24(26)10-4-6-14-29(28(34)31-23)15-19-32(20-16-29)21-25-11-8-18-33(25)27-13-5-7-17-30-27/h2-3,5,7-9,11-13,17-18,23H,4,6,10,14-16,19-22H2,1H3,(H,31,34)/t23-/m1/s1. The summed E-state index contributed by atoms with van der Waals surface area (Å²) >= 11 is 0. The van der Waals surface area contributed by atoms with Gasteiger partial charge in [0.2, 0.25) is 5.91 Å². The first kappa shape index (κ1) is 23.6. The van der Waals surface area contributed by atoms with Gasteiger partial charge in [-0.1, -0.05) is 30.7 Å². The maximum atomic E-state index is 13.5. The first-order chi connectivity index (χ1) is 17.1. The summed E-state index contributed by atoms with van der Waals surface area (Å²) < 4.78 is 8.25. The molecule has 1 fully saturated rings. The Hall–Kier alpha value is -3.12. The predicted molar refractivity (Wildman–Crippen MR) is 138 cm³/mol. The summed E-state index contributed by atoms with van der Waals surface area (Å²) in [6.07, 6.45) is 9.78. The monoisotopic (exact) mass is 472 g/mol. The van der Waals surface area contributed by atoms with Crippen LogP contribution in [0.3, 0.4) is 0 Å². The highest BCUT2D eigenvalue weighted by atomic mass is 16.5. The molecule has 1 spiro atoms. The number of aromatic nitrogens is 2. The highest BCUT2D eigenvalue weighted by Gasteiger charge is 2.41. The van der Waals surface area contributed by atoms with Gasteiger partial charge in [-0.05, 0) is 88.0 Å². The summed E-state index contributed by atoms with van der Waals surface area (Å²) in [6.45, 7) is 5.25. The largest absolute Gasteiger partial charge is 0.491 e. The molecule has 2 aliphatic heterocycles. The lowest BCUT2D eigenvalue weighted by molar-refractivity contribution is -0.135. The first-order valence-electron chi connectivity index (χ1n) is 12.9. The minimum Gasteiger partial charge on any atom is -0.491 e. The van der Waals surface area contributed by atoms with Gasteiger partial charge in [0.25, 0.3) is 0 Å². The van der Waals surface area contributed by atoms with Crippen LogP contribution in [0.15, 0.2) is 67.0 Å². The number of nitrogens with zero attached hydrogens (tertiary/aromatic N) is 3. The Labute approximate surface area is 208 Å². The zero-order valence-electron chi connectivity index (χ0n) is 20.7. The van der Waals surface area contributed by atoms with E-state index in [1.807, 2.05) is 43.5 Å². The molecule has 35 heavy (non-hydrogen) atoms. The Morgan fingerprint density at radius 2 is 1.86 bits per heavy atom. The summed E-state index contributed by atoms with van der Waals surface area (Å²) in [5, 5.41) is 3.29. The van der Waals surface area contributed by atoms with E-state index < -0.39 is 0 Å². The second-order valence-corrected chi connectivity index (χ2v) is 10.1. The van der Waals surface area contributed by atoms with Crippen LogP contribution >= 0.6 is 0 Å². The highest BCUT2D eigenvalue weighted by molar-refractivity contribution is 5.83. The molecule has 1 saturated heterocycles. The number of amides is 1. The molecular weight excluding hydrogens is 436 g/mol. The molecule has 2 aliphatic rings. The summed E-state index contributed by atoms with van der Waals surface area (Å²) in [4.78, 5) is 20.5. The first-order valence-corrected chi connectivity index (χ1v) is 12.9. The summed E-state index contributed by atoms with van der Waals surface area (Å²) in [6, 6.07) is 18.5. The Bertz CT molecular complexity index is 1120. The van der Waals surface area contributed by atoms with Crippen molar-refractivity contribution in [3.8, 4) is 11.6 Å². The topological polar surface area (TPSA) is 59.4 Å².